The molecule has 2 N–H and O–H groups in total. The number of ether oxygens (including phenoxy) is 1. The monoisotopic (exact) mass is 415 g/mol. The predicted octanol–water partition coefficient (Wildman–Crippen LogP) is 2.47. The van der Waals surface area contributed by atoms with Gasteiger partial charge in [-0.1, -0.05) is 11.8 Å². The third kappa shape index (κ3) is 5.17. The van der Waals surface area contributed by atoms with Crippen LogP contribution in [0.2, 0.25) is 0 Å². The fourth-order valence-corrected chi connectivity index (χ4v) is 3.22. The SMILES string of the molecule is COc1ccc(NC(=O)[C@H](C)Sc2nnc(CNC(=O)c3ccco3)n2C)cc1. The molecule has 0 saturated heterocycles. The van der Waals surface area contributed by atoms with Crippen LogP contribution >= 0.6 is 11.8 Å². The van der Waals surface area contributed by atoms with Gasteiger partial charge >= 0.3 is 0 Å². The summed E-state index contributed by atoms with van der Waals surface area (Å²) in [5.41, 5.74) is 0.683. The lowest BCUT2D eigenvalue weighted by molar-refractivity contribution is -0.115. The number of nitrogens with zero attached hydrogens (tertiary/aromatic N) is 3. The number of rotatable bonds is 8. The van der Waals surface area contributed by atoms with Crippen molar-refractivity contribution in [3.05, 3.63) is 54.2 Å². The number of methoxy groups -OCH3 is 1. The highest BCUT2D eigenvalue weighted by Crippen LogP contribution is 2.23. The van der Waals surface area contributed by atoms with Gasteiger partial charge in [0.1, 0.15) is 5.75 Å². The Balaban J connectivity index is 1.55. The first kappa shape index (κ1) is 20.5. The fraction of sp³-hybridized carbons (Fsp3) is 0.263. The quantitative estimate of drug-likeness (QED) is 0.544. The average molecular weight is 415 g/mol. The molecular formula is C19H21N5O4S. The number of carbonyl (C=O) groups is 2. The summed E-state index contributed by atoms with van der Waals surface area (Å²) in [7, 11) is 3.37. The van der Waals surface area contributed by atoms with Gasteiger partial charge in [-0.3, -0.25) is 9.59 Å². The van der Waals surface area contributed by atoms with Crippen molar-refractivity contribution in [2.75, 3.05) is 12.4 Å². The summed E-state index contributed by atoms with van der Waals surface area (Å²) >= 11 is 1.28. The lowest BCUT2D eigenvalue weighted by atomic mass is 10.3. The number of aromatic nitrogens is 3. The first-order valence-electron chi connectivity index (χ1n) is 8.79. The third-order valence-corrected chi connectivity index (χ3v) is 5.22. The van der Waals surface area contributed by atoms with E-state index in [9.17, 15) is 9.59 Å². The molecule has 10 heteroatoms. The van der Waals surface area contributed by atoms with Gasteiger partial charge in [-0.25, -0.2) is 0 Å². The predicted molar refractivity (Wildman–Crippen MR) is 108 cm³/mol. The van der Waals surface area contributed by atoms with Crippen molar-refractivity contribution in [2.45, 2.75) is 23.9 Å². The van der Waals surface area contributed by atoms with E-state index in [2.05, 4.69) is 20.8 Å². The molecule has 3 aromatic rings. The molecule has 0 aliphatic rings. The first-order valence-corrected chi connectivity index (χ1v) is 9.67. The van der Waals surface area contributed by atoms with Gasteiger partial charge in [-0.15, -0.1) is 10.2 Å². The molecule has 1 aromatic carbocycles. The minimum absolute atomic E-state index is 0.157. The lowest BCUT2D eigenvalue weighted by Crippen LogP contribution is -2.24. The Morgan fingerprint density at radius 2 is 2.00 bits per heavy atom. The van der Waals surface area contributed by atoms with Crippen LogP contribution < -0.4 is 15.4 Å². The average Bonchev–Trinajstić information content (AvgIpc) is 3.38. The van der Waals surface area contributed by atoms with Crippen LogP contribution in [0.5, 0.6) is 5.75 Å². The summed E-state index contributed by atoms with van der Waals surface area (Å²) in [6.45, 7) is 1.98. The molecule has 29 heavy (non-hydrogen) atoms. The van der Waals surface area contributed by atoms with Gasteiger partial charge in [0.15, 0.2) is 16.7 Å². The molecule has 0 radical (unpaired) electrons. The molecule has 0 fully saturated rings. The van der Waals surface area contributed by atoms with Gasteiger partial charge in [0, 0.05) is 12.7 Å². The molecule has 2 aromatic heterocycles. The van der Waals surface area contributed by atoms with Gasteiger partial charge in [0.05, 0.1) is 25.2 Å². The van der Waals surface area contributed by atoms with Crippen LogP contribution in [0.4, 0.5) is 5.69 Å². The van der Waals surface area contributed by atoms with E-state index in [-0.39, 0.29) is 24.1 Å². The van der Waals surface area contributed by atoms with Gasteiger partial charge in [0.2, 0.25) is 5.91 Å². The van der Waals surface area contributed by atoms with Gasteiger partial charge in [-0.2, -0.15) is 0 Å². The largest absolute Gasteiger partial charge is 0.497 e. The number of carbonyl (C=O) groups excluding carboxylic acids is 2. The van der Waals surface area contributed by atoms with Crippen molar-refractivity contribution >= 4 is 29.3 Å². The van der Waals surface area contributed by atoms with E-state index in [4.69, 9.17) is 9.15 Å². The van der Waals surface area contributed by atoms with E-state index >= 15 is 0 Å². The summed E-state index contributed by atoms with van der Waals surface area (Å²) < 4.78 is 11.9. The number of benzene rings is 1. The molecule has 0 aliphatic carbocycles. The zero-order chi connectivity index (χ0) is 20.8. The first-order chi connectivity index (χ1) is 14.0. The summed E-state index contributed by atoms with van der Waals surface area (Å²) in [4.78, 5) is 24.4. The molecule has 152 valence electrons. The van der Waals surface area contributed by atoms with Crippen molar-refractivity contribution in [1.29, 1.82) is 0 Å². The Morgan fingerprint density at radius 1 is 1.24 bits per heavy atom. The molecule has 0 spiro atoms. The molecule has 1 atom stereocenters. The van der Waals surface area contributed by atoms with E-state index in [1.165, 1.54) is 18.0 Å². The Bertz CT molecular complexity index is 969. The number of furan rings is 1. The van der Waals surface area contributed by atoms with E-state index in [1.807, 2.05) is 0 Å². The Kier molecular flexibility index (Phi) is 6.55. The van der Waals surface area contributed by atoms with Crippen molar-refractivity contribution in [2.24, 2.45) is 7.05 Å². The number of nitrogens with one attached hydrogen (secondary N) is 2. The molecule has 0 bridgehead atoms. The standard InChI is InChI=1S/C19H21N5O4S/c1-12(17(25)21-13-6-8-14(27-3)9-7-13)29-19-23-22-16(24(19)2)11-20-18(26)15-5-4-10-28-15/h4-10,12H,11H2,1-3H3,(H,20,26)(H,21,25)/t12-/m0/s1. The Labute approximate surface area is 171 Å². The van der Waals surface area contributed by atoms with Crippen LogP contribution in [-0.4, -0.2) is 38.9 Å². The highest BCUT2D eigenvalue weighted by atomic mass is 32.2. The van der Waals surface area contributed by atoms with Gasteiger partial charge < -0.3 is 24.4 Å². The van der Waals surface area contributed by atoms with E-state index < -0.39 is 5.25 Å². The number of anilines is 1. The van der Waals surface area contributed by atoms with Crippen molar-refractivity contribution in [3.8, 4) is 5.75 Å². The van der Waals surface area contributed by atoms with Crippen molar-refractivity contribution in [3.63, 3.8) is 0 Å². The molecule has 9 nitrogen and oxygen atoms in total. The molecule has 2 heterocycles. The van der Waals surface area contributed by atoms with Gasteiger partial charge in [-0.05, 0) is 43.3 Å². The normalized spacial score (nSPS) is 11.7. The van der Waals surface area contributed by atoms with Crippen LogP contribution in [0.1, 0.15) is 23.3 Å². The molecule has 2 amide bonds. The highest BCUT2D eigenvalue weighted by molar-refractivity contribution is 8.00. The summed E-state index contributed by atoms with van der Waals surface area (Å²) in [5.74, 6) is 1.02. The fourth-order valence-electron chi connectivity index (χ4n) is 2.39. The second kappa shape index (κ2) is 9.28. The van der Waals surface area contributed by atoms with E-state index in [0.717, 1.165) is 5.75 Å². The number of hydrogen-bond donors (Lipinski definition) is 2. The van der Waals surface area contributed by atoms with Crippen molar-refractivity contribution in [1.82, 2.24) is 20.1 Å². The Morgan fingerprint density at radius 3 is 2.66 bits per heavy atom. The minimum Gasteiger partial charge on any atom is -0.497 e. The summed E-state index contributed by atoms with van der Waals surface area (Å²) in [5, 5.41) is 13.9. The van der Waals surface area contributed by atoms with Crippen LogP contribution in [-0.2, 0) is 18.4 Å². The van der Waals surface area contributed by atoms with Crippen molar-refractivity contribution < 1.29 is 18.7 Å². The molecule has 0 aliphatic heterocycles. The second-order valence-corrected chi connectivity index (χ2v) is 7.40. The summed E-state index contributed by atoms with van der Waals surface area (Å²) in [6.07, 6.45) is 1.43. The third-order valence-electron chi connectivity index (χ3n) is 4.09. The second-order valence-electron chi connectivity index (χ2n) is 6.10. The minimum atomic E-state index is -0.398. The van der Waals surface area contributed by atoms with Crippen LogP contribution in [0.3, 0.4) is 0 Å². The number of thioether (sulfide) groups is 1. The Hall–Kier alpha value is -3.27. The highest BCUT2D eigenvalue weighted by Gasteiger charge is 2.19. The summed E-state index contributed by atoms with van der Waals surface area (Å²) in [6, 6.07) is 10.3. The number of hydrogen-bond acceptors (Lipinski definition) is 7. The zero-order valence-electron chi connectivity index (χ0n) is 16.2. The van der Waals surface area contributed by atoms with E-state index in [0.29, 0.717) is 16.7 Å². The lowest BCUT2D eigenvalue weighted by Gasteiger charge is -2.12. The maximum absolute atomic E-state index is 12.4. The molecule has 0 unspecified atom stereocenters. The smallest absolute Gasteiger partial charge is 0.287 e. The zero-order valence-corrected chi connectivity index (χ0v) is 17.0. The molecular weight excluding hydrogens is 394 g/mol. The number of amides is 2. The van der Waals surface area contributed by atoms with Crippen LogP contribution in [0.25, 0.3) is 0 Å². The topological polar surface area (TPSA) is 111 Å². The van der Waals surface area contributed by atoms with Gasteiger partial charge in [0.25, 0.3) is 5.91 Å². The van der Waals surface area contributed by atoms with Crippen LogP contribution in [0, 0.1) is 0 Å². The van der Waals surface area contributed by atoms with E-state index in [1.54, 1.807) is 62.0 Å². The molecule has 0 saturated carbocycles. The maximum atomic E-state index is 12.4. The maximum Gasteiger partial charge on any atom is 0.287 e. The molecule has 3 rings (SSSR count). The van der Waals surface area contributed by atoms with Crippen LogP contribution in [0.15, 0.2) is 52.2 Å².